The summed E-state index contributed by atoms with van der Waals surface area (Å²) < 4.78 is 13.4. The number of fused-ring (bicyclic) bond motifs is 2. The fourth-order valence-electron chi connectivity index (χ4n) is 4.41. The Bertz CT molecular complexity index is 1200. The number of hydrogen-bond acceptors (Lipinski definition) is 3. The third kappa shape index (κ3) is 3.33. The molecule has 3 aromatic carbocycles. The number of rotatable bonds is 3. The Hall–Kier alpha value is -3.32. The Morgan fingerprint density at radius 1 is 1.09 bits per heavy atom. The number of nitrogens with zero attached hydrogens (tertiary/aromatic N) is 2. The van der Waals surface area contributed by atoms with E-state index >= 15 is 0 Å². The summed E-state index contributed by atoms with van der Waals surface area (Å²) in [6.07, 6.45) is 0. The van der Waals surface area contributed by atoms with Gasteiger partial charge in [0.05, 0.1) is 12.2 Å². The molecule has 0 aromatic heterocycles. The quantitative estimate of drug-likeness (QED) is 0.607. The molecule has 1 N–H and O–H groups in total. The van der Waals surface area contributed by atoms with Crippen LogP contribution in [0.1, 0.15) is 16.7 Å². The van der Waals surface area contributed by atoms with Crippen molar-refractivity contribution in [3.05, 3.63) is 95.3 Å². The van der Waals surface area contributed by atoms with Crippen LogP contribution in [0.2, 0.25) is 0 Å². The highest BCUT2D eigenvalue weighted by atomic mass is 32.2. The van der Waals surface area contributed by atoms with E-state index in [0.717, 1.165) is 22.4 Å². The van der Waals surface area contributed by atoms with Gasteiger partial charge in [0.15, 0.2) is 4.87 Å². The van der Waals surface area contributed by atoms with Crippen LogP contribution in [0.15, 0.2) is 72.8 Å². The minimum absolute atomic E-state index is 0.148. The number of para-hydroxylation sites is 1. The summed E-state index contributed by atoms with van der Waals surface area (Å²) in [5.74, 6) is 0.194. The number of nitrogens with one attached hydrogen (secondary N) is 1. The predicted octanol–water partition coefficient (Wildman–Crippen LogP) is 5.11. The van der Waals surface area contributed by atoms with E-state index in [1.54, 1.807) is 21.9 Å². The van der Waals surface area contributed by atoms with Gasteiger partial charge in [0.2, 0.25) is 0 Å². The van der Waals surface area contributed by atoms with Crippen LogP contribution < -0.4 is 10.2 Å². The molecule has 1 unspecified atom stereocenters. The molecule has 2 heterocycles. The molecular formula is C25H22FN3O2S. The van der Waals surface area contributed by atoms with Crippen molar-refractivity contribution in [3.63, 3.8) is 0 Å². The average Bonchev–Trinajstić information content (AvgIpc) is 3.33. The highest BCUT2D eigenvalue weighted by molar-refractivity contribution is 8.01. The molecule has 0 aliphatic carbocycles. The molecule has 2 aliphatic rings. The van der Waals surface area contributed by atoms with Gasteiger partial charge in [-0.2, -0.15) is 0 Å². The fraction of sp³-hybridized carbons (Fsp3) is 0.200. The number of carbonyl (C=O) groups is 2. The second-order valence-electron chi connectivity index (χ2n) is 7.98. The number of hydrogen-bond donors (Lipinski definition) is 1. The Morgan fingerprint density at radius 2 is 1.88 bits per heavy atom. The maximum absolute atomic E-state index is 13.9. The molecule has 162 valence electrons. The zero-order chi connectivity index (χ0) is 22.3. The SMILES string of the molecule is Cc1cccc(NC(=O)N2CCSC23C(=O)N(Cc2ccc(F)cc2)c2ccccc23)c1. The van der Waals surface area contributed by atoms with Crippen LogP contribution in [0.4, 0.5) is 20.6 Å². The van der Waals surface area contributed by atoms with Gasteiger partial charge in [0.25, 0.3) is 5.91 Å². The molecule has 1 spiro atoms. The summed E-state index contributed by atoms with van der Waals surface area (Å²) in [6.45, 7) is 2.74. The number of carbonyl (C=O) groups excluding carboxylic acids is 2. The van der Waals surface area contributed by atoms with E-state index in [1.165, 1.54) is 23.9 Å². The first-order valence-corrected chi connectivity index (χ1v) is 11.4. The standard InChI is InChI=1S/C25H22FN3O2S/c1-17-5-4-6-20(15-17)27-24(31)29-13-14-32-25(29)21-7-2-3-8-22(21)28(23(25)30)16-18-9-11-19(26)12-10-18/h2-12,15H,13-14,16H2,1H3,(H,27,31). The van der Waals surface area contributed by atoms with Crippen LogP contribution in [-0.4, -0.2) is 29.1 Å². The van der Waals surface area contributed by atoms with Gasteiger partial charge in [-0.3, -0.25) is 9.69 Å². The van der Waals surface area contributed by atoms with E-state index in [0.29, 0.717) is 24.5 Å². The van der Waals surface area contributed by atoms with Gasteiger partial charge in [-0.05, 0) is 48.4 Å². The van der Waals surface area contributed by atoms with E-state index in [1.807, 2.05) is 55.5 Å². The van der Waals surface area contributed by atoms with Gasteiger partial charge >= 0.3 is 6.03 Å². The van der Waals surface area contributed by atoms with Crippen LogP contribution >= 0.6 is 11.8 Å². The third-order valence-electron chi connectivity index (χ3n) is 5.87. The van der Waals surface area contributed by atoms with Crippen molar-refractivity contribution in [2.45, 2.75) is 18.3 Å². The first-order chi connectivity index (χ1) is 15.5. The zero-order valence-electron chi connectivity index (χ0n) is 17.5. The number of thioether (sulfide) groups is 1. The van der Waals surface area contributed by atoms with Crippen molar-refractivity contribution in [3.8, 4) is 0 Å². The molecule has 3 amide bonds. The molecule has 5 nitrogen and oxygen atoms in total. The van der Waals surface area contributed by atoms with E-state index in [-0.39, 0.29) is 17.8 Å². The lowest BCUT2D eigenvalue weighted by Crippen LogP contribution is -2.51. The largest absolute Gasteiger partial charge is 0.323 e. The maximum atomic E-state index is 13.9. The molecule has 7 heteroatoms. The molecule has 32 heavy (non-hydrogen) atoms. The van der Waals surface area contributed by atoms with Crippen molar-refractivity contribution >= 4 is 35.1 Å². The lowest BCUT2D eigenvalue weighted by atomic mass is 10.1. The van der Waals surface area contributed by atoms with Crippen molar-refractivity contribution in [2.75, 3.05) is 22.5 Å². The lowest BCUT2D eigenvalue weighted by Gasteiger charge is -2.33. The Kier molecular flexibility index (Phi) is 5.13. The normalized spacial score (nSPS) is 19.5. The van der Waals surface area contributed by atoms with E-state index < -0.39 is 4.87 Å². The molecule has 1 fully saturated rings. The Labute approximate surface area is 190 Å². The monoisotopic (exact) mass is 447 g/mol. The predicted molar refractivity (Wildman–Crippen MR) is 125 cm³/mol. The first kappa shape index (κ1) is 20.6. The maximum Gasteiger partial charge on any atom is 0.323 e. The summed E-state index contributed by atoms with van der Waals surface area (Å²) in [5.41, 5.74) is 4.16. The van der Waals surface area contributed by atoms with Gasteiger partial charge in [-0.1, -0.05) is 42.5 Å². The van der Waals surface area contributed by atoms with Crippen molar-refractivity contribution < 1.29 is 14.0 Å². The molecule has 5 rings (SSSR count). The summed E-state index contributed by atoms with van der Waals surface area (Å²) in [4.78, 5) is 29.5. The second-order valence-corrected chi connectivity index (χ2v) is 9.27. The number of benzene rings is 3. The molecule has 0 bridgehead atoms. The first-order valence-electron chi connectivity index (χ1n) is 10.4. The molecular weight excluding hydrogens is 425 g/mol. The van der Waals surface area contributed by atoms with Crippen molar-refractivity contribution in [1.29, 1.82) is 0 Å². The van der Waals surface area contributed by atoms with E-state index in [9.17, 15) is 14.0 Å². The Morgan fingerprint density at radius 3 is 2.66 bits per heavy atom. The zero-order valence-corrected chi connectivity index (χ0v) is 18.4. The van der Waals surface area contributed by atoms with Crippen LogP contribution in [0.3, 0.4) is 0 Å². The van der Waals surface area contributed by atoms with Gasteiger partial charge in [-0.25, -0.2) is 9.18 Å². The number of halogens is 1. The number of anilines is 2. The van der Waals surface area contributed by atoms with Gasteiger partial charge in [0, 0.05) is 23.5 Å². The number of urea groups is 1. The topological polar surface area (TPSA) is 52.7 Å². The van der Waals surface area contributed by atoms with Crippen molar-refractivity contribution in [1.82, 2.24) is 4.90 Å². The highest BCUT2D eigenvalue weighted by Gasteiger charge is 2.59. The van der Waals surface area contributed by atoms with E-state index in [2.05, 4.69) is 5.32 Å². The van der Waals surface area contributed by atoms with Crippen LogP contribution in [0, 0.1) is 12.7 Å². The Balaban J connectivity index is 1.50. The van der Waals surface area contributed by atoms with Crippen LogP contribution in [-0.2, 0) is 16.2 Å². The fourth-order valence-corrected chi connectivity index (χ4v) is 5.87. The summed E-state index contributed by atoms with van der Waals surface area (Å²) in [5, 5.41) is 2.96. The van der Waals surface area contributed by atoms with Gasteiger partial charge in [-0.15, -0.1) is 11.8 Å². The third-order valence-corrected chi connectivity index (χ3v) is 7.29. The molecule has 0 radical (unpaired) electrons. The van der Waals surface area contributed by atoms with Crippen LogP contribution in [0.5, 0.6) is 0 Å². The van der Waals surface area contributed by atoms with Crippen molar-refractivity contribution in [2.24, 2.45) is 0 Å². The smallest absolute Gasteiger partial charge is 0.308 e. The summed E-state index contributed by atoms with van der Waals surface area (Å²) in [7, 11) is 0. The van der Waals surface area contributed by atoms with Gasteiger partial charge in [0.1, 0.15) is 5.82 Å². The second kappa shape index (κ2) is 7.98. The number of amides is 3. The van der Waals surface area contributed by atoms with E-state index in [4.69, 9.17) is 0 Å². The molecule has 1 atom stereocenters. The highest BCUT2D eigenvalue weighted by Crippen LogP contribution is 2.54. The van der Waals surface area contributed by atoms with Crippen LogP contribution in [0.25, 0.3) is 0 Å². The average molecular weight is 448 g/mol. The minimum atomic E-state index is -1.11. The van der Waals surface area contributed by atoms with Gasteiger partial charge < -0.3 is 10.2 Å². The number of aryl methyl sites for hydroxylation is 1. The lowest BCUT2D eigenvalue weighted by molar-refractivity contribution is -0.123. The summed E-state index contributed by atoms with van der Waals surface area (Å²) >= 11 is 1.48. The molecule has 0 saturated carbocycles. The summed E-state index contributed by atoms with van der Waals surface area (Å²) in [6, 6.07) is 21.0. The minimum Gasteiger partial charge on any atom is -0.308 e. The molecule has 2 aliphatic heterocycles. The molecule has 1 saturated heterocycles. The molecule has 3 aromatic rings.